The van der Waals surface area contributed by atoms with Gasteiger partial charge in [0.2, 0.25) is 0 Å². The highest BCUT2D eigenvalue weighted by Gasteiger charge is 2.07. The van der Waals surface area contributed by atoms with Crippen LogP contribution in [0.15, 0.2) is 17.5 Å². The summed E-state index contributed by atoms with van der Waals surface area (Å²) in [5, 5.41) is 3.67. The number of nitrogens with zero attached hydrogens (tertiary/aromatic N) is 2. The van der Waals surface area contributed by atoms with E-state index in [9.17, 15) is 0 Å². The van der Waals surface area contributed by atoms with Gasteiger partial charge in [-0.25, -0.2) is 9.97 Å². The van der Waals surface area contributed by atoms with Crippen molar-refractivity contribution in [2.45, 2.75) is 19.3 Å². The molecule has 20 heavy (non-hydrogen) atoms. The van der Waals surface area contributed by atoms with Gasteiger partial charge < -0.3 is 10.7 Å². The molecule has 2 heterocycles. The van der Waals surface area contributed by atoms with Crippen LogP contribution in [-0.4, -0.2) is 15.0 Å². The SMILES string of the molecule is Nc1nc(CCCc2nc3cc(Cl)c(Cl)cc3[nH]2)cs1. The Labute approximate surface area is 130 Å². The molecule has 0 saturated heterocycles. The number of aromatic amines is 1. The molecule has 1 aromatic carbocycles. The molecule has 0 unspecified atom stereocenters. The fourth-order valence-corrected chi connectivity index (χ4v) is 2.97. The highest BCUT2D eigenvalue weighted by Crippen LogP contribution is 2.26. The van der Waals surface area contributed by atoms with Crippen molar-refractivity contribution in [3.05, 3.63) is 39.1 Å². The van der Waals surface area contributed by atoms with E-state index < -0.39 is 0 Å². The van der Waals surface area contributed by atoms with Gasteiger partial charge in [-0.3, -0.25) is 0 Å². The van der Waals surface area contributed by atoms with Gasteiger partial charge >= 0.3 is 0 Å². The van der Waals surface area contributed by atoms with Crippen molar-refractivity contribution in [2.24, 2.45) is 0 Å². The molecule has 3 rings (SSSR count). The van der Waals surface area contributed by atoms with Crippen molar-refractivity contribution in [3.63, 3.8) is 0 Å². The van der Waals surface area contributed by atoms with E-state index in [1.165, 1.54) is 11.3 Å². The number of rotatable bonds is 4. The van der Waals surface area contributed by atoms with Gasteiger partial charge in [0.05, 0.1) is 26.8 Å². The van der Waals surface area contributed by atoms with Gasteiger partial charge in [-0.1, -0.05) is 23.2 Å². The summed E-state index contributed by atoms with van der Waals surface area (Å²) in [6.45, 7) is 0. The van der Waals surface area contributed by atoms with Gasteiger partial charge in [0.1, 0.15) is 5.82 Å². The summed E-state index contributed by atoms with van der Waals surface area (Å²) >= 11 is 13.4. The molecule has 3 aromatic rings. The van der Waals surface area contributed by atoms with Gasteiger partial charge in [-0.05, 0) is 25.0 Å². The molecular weight excluding hydrogens is 315 g/mol. The maximum Gasteiger partial charge on any atom is 0.180 e. The number of nitrogen functional groups attached to an aromatic ring is 1. The number of halogens is 2. The van der Waals surface area contributed by atoms with Crippen LogP contribution < -0.4 is 5.73 Å². The molecule has 0 aliphatic carbocycles. The molecule has 0 amide bonds. The molecular formula is C13H12Cl2N4S. The molecule has 0 fully saturated rings. The maximum atomic E-state index is 5.98. The second-order valence-electron chi connectivity index (χ2n) is 4.50. The van der Waals surface area contributed by atoms with Crippen LogP contribution in [0.3, 0.4) is 0 Å². The van der Waals surface area contributed by atoms with E-state index in [0.29, 0.717) is 15.2 Å². The fourth-order valence-electron chi connectivity index (χ4n) is 2.05. The van der Waals surface area contributed by atoms with Crippen molar-refractivity contribution < 1.29 is 0 Å². The number of imidazole rings is 1. The minimum Gasteiger partial charge on any atom is -0.375 e. The minimum absolute atomic E-state index is 0.523. The second kappa shape index (κ2) is 5.60. The molecule has 3 N–H and O–H groups in total. The summed E-state index contributed by atoms with van der Waals surface area (Å²) < 4.78 is 0. The number of aryl methyl sites for hydroxylation is 2. The van der Waals surface area contributed by atoms with Gasteiger partial charge in [0.25, 0.3) is 0 Å². The largest absolute Gasteiger partial charge is 0.375 e. The lowest BCUT2D eigenvalue weighted by atomic mass is 10.2. The second-order valence-corrected chi connectivity index (χ2v) is 6.20. The quantitative estimate of drug-likeness (QED) is 0.758. The van der Waals surface area contributed by atoms with E-state index in [1.54, 1.807) is 12.1 Å². The lowest BCUT2D eigenvalue weighted by Gasteiger charge is -1.95. The van der Waals surface area contributed by atoms with Gasteiger partial charge in [0.15, 0.2) is 5.13 Å². The van der Waals surface area contributed by atoms with E-state index in [4.69, 9.17) is 28.9 Å². The molecule has 4 nitrogen and oxygen atoms in total. The predicted molar refractivity (Wildman–Crippen MR) is 84.7 cm³/mol. The van der Waals surface area contributed by atoms with Crippen LogP contribution in [0, 0.1) is 0 Å². The number of anilines is 1. The average Bonchev–Trinajstić information content (AvgIpc) is 2.97. The van der Waals surface area contributed by atoms with Crippen molar-refractivity contribution in [1.29, 1.82) is 0 Å². The van der Waals surface area contributed by atoms with Crippen LogP contribution >= 0.6 is 34.5 Å². The Morgan fingerprint density at radius 1 is 1.15 bits per heavy atom. The first kappa shape index (κ1) is 13.7. The number of aromatic nitrogens is 3. The van der Waals surface area contributed by atoms with Crippen molar-refractivity contribution in [3.8, 4) is 0 Å². The number of fused-ring (bicyclic) bond motifs is 1. The van der Waals surface area contributed by atoms with E-state index in [1.807, 2.05) is 5.38 Å². The van der Waals surface area contributed by atoms with E-state index in [0.717, 1.165) is 41.8 Å². The Kier molecular flexibility index (Phi) is 3.83. The Balaban J connectivity index is 1.68. The van der Waals surface area contributed by atoms with E-state index >= 15 is 0 Å². The first-order chi connectivity index (χ1) is 9.61. The standard InChI is InChI=1S/C13H12Cl2N4S/c14-8-4-10-11(5-9(8)15)19-12(18-10)3-1-2-7-6-20-13(16)17-7/h4-6H,1-3H2,(H2,16,17)(H,18,19). The molecule has 2 aromatic heterocycles. The number of thiazole rings is 1. The number of nitrogens with two attached hydrogens (primary N) is 1. The predicted octanol–water partition coefficient (Wildman–Crippen LogP) is 4.08. The Bertz CT molecular complexity index is 711. The first-order valence-corrected chi connectivity index (χ1v) is 7.79. The smallest absolute Gasteiger partial charge is 0.180 e. The number of nitrogens with one attached hydrogen (secondary N) is 1. The number of H-pyrrole nitrogens is 1. The molecule has 0 saturated carbocycles. The molecule has 0 atom stereocenters. The number of hydrogen-bond donors (Lipinski definition) is 2. The summed E-state index contributed by atoms with van der Waals surface area (Å²) in [4.78, 5) is 12.0. The molecule has 0 aliphatic rings. The molecule has 104 valence electrons. The topological polar surface area (TPSA) is 67.6 Å². The van der Waals surface area contributed by atoms with Gasteiger partial charge in [-0.15, -0.1) is 11.3 Å². The van der Waals surface area contributed by atoms with Gasteiger partial charge in [0, 0.05) is 11.8 Å². The van der Waals surface area contributed by atoms with E-state index in [-0.39, 0.29) is 0 Å². The van der Waals surface area contributed by atoms with Crippen molar-refractivity contribution in [2.75, 3.05) is 5.73 Å². The highest BCUT2D eigenvalue weighted by atomic mass is 35.5. The van der Waals surface area contributed by atoms with Crippen LogP contribution in [0.1, 0.15) is 17.9 Å². The van der Waals surface area contributed by atoms with Crippen LogP contribution in [0.2, 0.25) is 10.0 Å². The third-order valence-electron chi connectivity index (χ3n) is 2.99. The molecule has 7 heteroatoms. The Hall–Kier alpha value is -1.30. The third kappa shape index (κ3) is 2.90. The summed E-state index contributed by atoms with van der Waals surface area (Å²) in [6, 6.07) is 3.58. The average molecular weight is 327 g/mol. The van der Waals surface area contributed by atoms with Crippen molar-refractivity contribution >= 4 is 50.7 Å². The maximum absolute atomic E-state index is 5.98. The molecule has 0 bridgehead atoms. The zero-order chi connectivity index (χ0) is 14.1. The zero-order valence-electron chi connectivity index (χ0n) is 10.5. The fraction of sp³-hybridized carbons (Fsp3) is 0.231. The van der Waals surface area contributed by atoms with Gasteiger partial charge in [-0.2, -0.15) is 0 Å². The normalized spacial score (nSPS) is 11.3. The third-order valence-corrected chi connectivity index (χ3v) is 4.43. The van der Waals surface area contributed by atoms with Crippen LogP contribution in [-0.2, 0) is 12.8 Å². The summed E-state index contributed by atoms with van der Waals surface area (Å²) in [5.74, 6) is 0.932. The molecule has 0 spiro atoms. The van der Waals surface area contributed by atoms with Crippen LogP contribution in [0.25, 0.3) is 11.0 Å². The summed E-state index contributed by atoms with van der Waals surface area (Å²) in [7, 11) is 0. The molecule has 0 radical (unpaired) electrons. The number of hydrogen-bond acceptors (Lipinski definition) is 4. The molecule has 0 aliphatic heterocycles. The summed E-state index contributed by atoms with van der Waals surface area (Å²) in [5.41, 5.74) is 8.39. The monoisotopic (exact) mass is 326 g/mol. The first-order valence-electron chi connectivity index (χ1n) is 6.15. The van der Waals surface area contributed by atoms with Crippen LogP contribution in [0.5, 0.6) is 0 Å². The minimum atomic E-state index is 0.523. The van der Waals surface area contributed by atoms with E-state index in [2.05, 4.69) is 15.0 Å². The number of benzene rings is 1. The Morgan fingerprint density at radius 3 is 2.70 bits per heavy atom. The van der Waals surface area contributed by atoms with Crippen molar-refractivity contribution in [1.82, 2.24) is 15.0 Å². The van der Waals surface area contributed by atoms with Crippen LogP contribution in [0.4, 0.5) is 5.13 Å². The lowest BCUT2D eigenvalue weighted by Crippen LogP contribution is -1.93. The highest BCUT2D eigenvalue weighted by molar-refractivity contribution is 7.13. The lowest BCUT2D eigenvalue weighted by molar-refractivity contribution is 0.774. The Morgan fingerprint density at radius 2 is 1.95 bits per heavy atom. The summed E-state index contributed by atoms with van der Waals surface area (Å²) in [6.07, 6.45) is 2.71. The zero-order valence-corrected chi connectivity index (χ0v) is 12.8.